The van der Waals surface area contributed by atoms with Gasteiger partial charge in [-0.15, -0.1) is 0 Å². The first-order valence-electron chi connectivity index (χ1n) is 8.41. The molecule has 28 heavy (non-hydrogen) atoms. The number of carbonyl (C=O) groups is 1. The van der Waals surface area contributed by atoms with Crippen LogP contribution in [-0.4, -0.2) is 25.5 Å². The monoisotopic (exact) mass is 531 g/mol. The second-order valence-corrected chi connectivity index (χ2v) is 8.28. The van der Waals surface area contributed by atoms with E-state index in [0.29, 0.717) is 27.4 Å². The summed E-state index contributed by atoms with van der Waals surface area (Å²) in [6, 6.07) is 4.52. The number of hydrogen-bond acceptors (Lipinski definition) is 3. The molecular formula is C18H17Br2ClFN5O. The van der Waals surface area contributed by atoms with E-state index in [9.17, 15) is 9.18 Å². The molecule has 148 valence electrons. The van der Waals surface area contributed by atoms with Gasteiger partial charge < -0.3 is 5.32 Å². The van der Waals surface area contributed by atoms with Gasteiger partial charge >= 0.3 is 0 Å². The number of rotatable bonds is 6. The minimum absolute atomic E-state index is 0.153. The Balaban J connectivity index is 1.64. The molecule has 0 fully saturated rings. The second kappa shape index (κ2) is 8.75. The number of nitrogens with one attached hydrogen (secondary N) is 1. The lowest BCUT2D eigenvalue weighted by molar-refractivity contribution is -0.116. The highest BCUT2D eigenvalue weighted by molar-refractivity contribution is 9.11. The molecule has 0 aliphatic heterocycles. The lowest BCUT2D eigenvalue weighted by Gasteiger charge is -2.06. The van der Waals surface area contributed by atoms with Crippen molar-refractivity contribution in [2.24, 2.45) is 0 Å². The average Bonchev–Trinajstić information content (AvgIpc) is 3.10. The number of aryl methyl sites for hydroxylation is 2. The molecule has 1 amide bonds. The summed E-state index contributed by atoms with van der Waals surface area (Å²) in [5, 5.41) is 11.8. The minimum atomic E-state index is -0.402. The van der Waals surface area contributed by atoms with Crippen molar-refractivity contribution in [3.63, 3.8) is 0 Å². The highest BCUT2D eigenvalue weighted by Gasteiger charge is 2.15. The van der Waals surface area contributed by atoms with Crippen molar-refractivity contribution in [2.45, 2.75) is 33.4 Å². The zero-order valence-electron chi connectivity index (χ0n) is 15.1. The van der Waals surface area contributed by atoms with E-state index < -0.39 is 5.82 Å². The Morgan fingerprint density at radius 1 is 1.29 bits per heavy atom. The van der Waals surface area contributed by atoms with E-state index in [2.05, 4.69) is 47.4 Å². The van der Waals surface area contributed by atoms with Gasteiger partial charge in [-0.25, -0.2) is 4.39 Å². The van der Waals surface area contributed by atoms with Gasteiger partial charge in [0.05, 0.1) is 27.7 Å². The maximum Gasteiger partial charge on any atom is 0.227 e. The fourth-order valence-electron chi connectivity index (χ4n) is 2.70. The van der Waals surface area contributed by atoms with Crippen molar-refractivity contribution in [1.29, 1.82) is 0 Å². The minimum Gasteiger partial charge on any atom is -0.308 e. The van der Waals surface area contributed by atoms with E-state index in [-0.39, 0.29) is 18.9 Å². The van der Waals surface area contributed by atoms with Gasteiger partial charge in [0.25, 0.3) is 0 Å². The Morgan fingerprint density at radius 2 is 2.04 bits per heavy atom. The first kappa shape index (κ1) is 21.0. The van der Waals surface area contributed by atoms with Crippen molar-refractivity contribution in [2.75, 3.05) is 5.32 Å². The zero-order valence-corrected chi connectivity index (χ0v) is 19.1. The number of benzene rings is 1. The number of carbonyl (C=O) groups excluding carboxylic acids is 1. The molecule has 0 unspecified atom stereocenters. The molecular weight excluding hydrogens is 516 g/mol. The standard InChI is InChI=1S/C18H17Br2ClFN5O/c1-10-17(20)11(2)27(24-10)7-6-16(28)23-18-13(19)9-26(25-18)8-12-14(21)4-3-5-15(12)22/h3-5,9H,6-8H2,1-2H3,(H,23,25,28). The molecule has 3 aromatic rings. The maximum atomic E-state index is 14.0. The third-order valence-corrected chi connectivity index (χ3v) is 6.28. The molecule has 0 radical (unpaired) electrons. The maximum absolute atomic E-state index is 14.0. The summed E-state index contributed by atoms with van der Waals surface area (Å²) in [4.78, 5) is 12.3. The van der Waals surface area contributed by atoms with Crippen molar-refractivity contribution >= 4 is 55.2 Å². The summed E-state index contributed by atoms with van der Waals surface area (Å²) in [7, 11) is 0. The average molecular weight is 534 g/mol. The van der Waals surface area contributed by atoms with Crippen molar-refractivity contribution < 1.29 is 9.18 Å². The van der Waals surface area contributed by atoms with Gasteiger partial charge in [0.1, 0.15) is 5.82 Å². The van der Waals surface area contributed by atoms with Gasteiger partial charge in [-0.2, -0.15) is 10.2 Å². The summed E-state index contributed by atoms with van der Waals surface area (Å²) >= 11 is 12.9. The van der Waals surface area contributed by atoms with Crippen LogP contribution in [0, 0.1) is 19.7 Å². The number of amides is 1. The van der Waals surface area contributed by atoms with E-state index in [1.54, 1.807) is 23.0 Å². The van der Waals surface area contributed by atoms with E-state index >= 15 is 0 Å². The Hall–Kier alpha value is -1.71. The highest BCUT2D eigenvalue weighted by Crippen LogP contribution is 2.24. The molecule has 1 N–H and O–H groups in total. The molecule has 1 aromatic carbocycles. The first-order valence-corrected chi connectivity index (χ1v) is 10.4. The molecule has 0 aliphatic rings. The SMILES string of the molecule is Cc1nn(CCC(=O)Nc2nn(Cc3c(F)cccc3Cl)cc2Br)c(C)c1Br. The lowest BCUT2D eigenvalue weighted by Crippen LogP contribution is -2.16. The summed E-state index contributed by atoms with van der Waals surface area (Å²) < 4.78 is 18.8. The molecule has 0 spiro atoms. The van der Waals surface area contributed by atoms with Gasteiger partial charge in [0.15, 0.2) is 5.82 Å². The van der Waals surface area contributed by atoms with Crippen LogP contribution in [0.3, 0.4) is 0 Å². The number of nitrogens with zero attached hydrogens (tertiary/aromatic N) is 4. The molecule has 3 rings (SSSR count). The largest absolute Gasteiger partial charge is 0.308 e. The molecule has 0 saturated carbocycles. The van der Waals surface area contributed by atoms with Crippen LogP contribution < -0.4 is 5.32 Å². The Labute approximate surface area is 183 Å². The van der Waals surface area contributed by atoms with Gasteiger partial charge in [0.2, 0.25) is 5.91 Å². The second-order valence-electron chi connectivity index (χ2n) is 6.23. The van der Waals surface area contributed by atoms with Crippen LogP contribution in [0.4, 0.5) is 10.2 Å². The molecule has 0 aliphatic carbocycles. The van der Waals surface area contributed by atoms with E-state index in [0.717, 1.165) is 15.9 Å². The van der Waals surface area contributed by atoms with Crippen molar-refractivity contribution in [3.05, 3.63) is 61.1 Å². The number of anilines is 1. The number of hydrogen-bond donors (Lipinski definition) is 1. The fraction of sp³-hybridized carbons (Fsp3) is 0.278. The van der Waals surface area contributed by atoms with Gasteiger partial charge in [0, 0.05) is 28.9 Å². The van der Waals surface area contributed by atoms with Crippen LogP contribution in [0.25, 0.3) is 0 Å². The Kier molecular flexibility index (Phi) is 6.57. The van der Waals surface area contributed by atoms with Crippen LogP contribution >= 0.6 is 43.5 Å². The van der Waals surface area contributed by atoms with E-state index in [1.807, 2.05) is 13.8 Å². The van der Waals surface area contributed by atoms with Crippen molar-refractivity contribution in [3.8, 4) is 0 Å². The van der Waals surface area contributed by atoms with Gasteiger partial charge in [-0.05, 0) is 57.8 Å². The van der Waals surface area contributed by atoms with Crippen LogP contribution in [0.2, 0.25) is 5.02 Å². The van der Waals surface area contributed by atoms with Crippen LogP contribution in [0.15, 0.2) is 33.3 Å². The van der Waals surface area contributed by atoms with E-state index in [1.165, 1.54) is 10.7 Å². The van der Waals surface area contributed by atoms with Gasteiger partial charge in [-0.1, -0.05) is 17.7 Å². The molecule has 0 bridgehead atoms. The smallest absolute Gasteiger partial charge is 0.227 e. The molecule has 0 atom stereocenters. The summed E-state index contributed by atoms with van der Waals surface area (Å²) in [5.41, 5.74) is 2.19. The third-order valence-electron chi connectivity index (χ3n) is 4.20. The molecule has 2 aromatic heterocycles. The number of aromatic nitrogens is 4. The predicted octanol–water partition coefficient (Wildman–Crippen LogP) is 5.09. The fourth-order valence-corrected chi connectivity index (χ4v) is 3.62. The highest BCUT2D eigenvalue weighted by atomic mass is 79.9. The zero-order chi connectivity index (χ0) is 20.4. The Morgan fingerprint density at radius 3 is 2.68 bits per heavy atom. The first-order chi connectivity index (χ1) is 13.3. The van der Waals surface area contributed by atoms with Crippen LogP contribution in [-0.2, 0) is 17.9 Å². The topological polar surface area (TPSA) is 64.7 Å². The van der Waals surface area contributed by atoms with Crippen LogP contribution in [0.5, 0.6) is 0 Å². The summed E-state index contributed by atoms with van der Waals surface area (Å²) in [5.74, 6) is -0.230. The molecule has 10 heteroatoms. The summed E-state index contributed by atoms with van der Waals surface area (Å²) in [6.07, 6.45) is 1.91. The Bertz CT molecular complexity index is 1010. The molecule has 0 saturated heterocycles. The molecule has 2 heterocycles. The third kappa shape index (κ3) is 4.64. The van der Waals surface area contributed by atoms with Crippen LogP contribution in [0.1, 0.15) is 23.4 Å². The van der Waals surface area contributed by atoms with E-state index in [4.69, 9.17) is 11.6 Å². The lowest BCUT2D eigenvalue weighted by atomic mass is 10.2. The van der Waals surface area contributed by atoms with Crippen molar-refractivity contribution in [1.82, 2.24) is 19.6 Å². The summed E-state index contributed by atoms with van der Waals surface area (Å²) in [6.45, 7) is 4.44. The van der Waals surface area contributed by atoms with Gasteiger partial charge in [-0.3, -0.25) is 14.2 Å². The molecule has 6 nitrogen and oxygen atoms in total. The normalized spacial score (nSPS) is 11.1. The predicted molar refractivity (Wildman–Crippen MR) is 113 cm³/mol. The quantitative estimate of drug-likeness (QED) is 0.480. The number of halogens is 4.